The molecule has 4 aromatic carbocycles. The van der Waals surface area contributed by atoms with Crippen LogP contribution in [0.2, 0.25) is 10.0 Å². The molecule has 0 atom stereocenters. The summed E-state index contributed by atoms with van der Waals surface area (Å²) in [6.45, 7) is -0.256. The summed E-state index contributed by atoms with van der Waals surface area (Å²) >= 11 is 11.8. The molecule has 0 radical (unpaired) electrons. The van der Waals surface area contributed by atoms with Crippen LogP contribution in [0.4, 0.5) is 11.4 Å². The molecule has 2 N–H and O–H groups in total. The first kappa shape index (κ1) is 25.4. The van der Waals surface area contributed by atoms with Crippen LogP contribution in [0.3, 0.4) is 0 Å². The first-order valence-electron chi connectivity index (χ1n) is 10.6. The minimum Gasteiger partial charge on any atom is -0.484 e. The Morgan fingerprint density at radius 2 is 1.31 bits per heavy atom. The molecule has 10 heteroatoms. The van der Waals surface area contributed by atoms with Crippen molar-refractivity contribution in [1.82, 2.24) is 0 Å². The van der Waals surface area contributed by atoms with E-state index in [9.17, 15) is 13.2 Å². The number of hydrogen-bond donors (Lipinski definition) is 2. The van der Waals surface area contributed by atoms with E-state index in [1.807, 2.05) is 30.3 Å². The molecule has 0 spiro atoms. The Morgan fingerprint density at radius 3 is 1.94 bits per heavy atom. The van der Waals surface area contributed by atoms with Crippen LogP contribution >= 0.6 is 23.2 Å². The third kappa shape index (κ3) is 7.14. The zero-order valence-electron chi connectivity index (χ0n) is 18.7. The summed E-state index contributed by atoms with van der Waals surface area (Å²) in [5.41, 5.74) is 0.821. The van der Waals surface area contributed by atoms with Crippen LogP contribution in [0, 0.1) is 0 Å². The van der Waals surface area contributed by atoms with Gasteiger partial charge in [-0.2, -0.15) is 0 Å². The monoisotopic (exact) mass is 542 g/mol. The Kier molecular flexibility index (Phi) is 8.00. The number of para-hydroxylation sites is 1. The first-order valence-corrected chi connectivity index (χ1v) is 12.9. The van der Waals surface area contributed by atoms with Crippen molar-refractivity contribution in [1.29, 1.82) is 0 Å². The lowest BCUT2D eigenvalue weighted by molar-refractivity contribution is -0.118. The lowest BCUT2D eigenvalue weighted by Crippen LogP contribution is -2.20. The van der Waals surface area contributed by atoms with E-state index in [0.717, 1.165) is 0 Å². The number of amides is 1. The van der Waals surface area contributed by atoms with E-state index < -0.39 is 10.0 Å². The molecule has 36 heavy (non-hydrogen) atoms. The Labute approximate surface area is 218 Å². The van der Waals surface area contributed by atoms with E-state index in [4.69, 9.17) is 32.7 Å². The second-order valence-electron chi connectivity index (χ2n) is 7.51. The summed E-state index contributed by atoms with van der Waals surface area (Å²) in [6.07, 6.45) is 0. The first-order chi connectivity index (χ1) is 17.3. The van der Waals surface area contributed by atoms with Gasteiger partial charge in [-0.05, 0) is 78.9 Å². The number of benzene rings is 4. The molecule has 0 bridgehead atoms. The third-order valence-electron chi connectivity index (χ3n) is 4.74. The summed E-state index contributed by atoms with van der Waals surface area (Å²) in [4.78, 5) is 12.3. The SMILES string of the molecule is O=C(COc1ccc(S(=O)(=O)Nc2cc(Cl)cc(Cl)c2)cc1)Nc1ccc(Oc2ccccc2)cc1. The summed E-state index contributed by atoms with van der Waals surface area (Å²) < 4.78 is 38.9. The maximum atomic E-state index is 12.6. The number of ether oxygens (including phenoxy) is 2. The molecule has 0 fully saturated rings. The maximum absolute atomic E-state index is 12.6. The molecule has 1 amide bonds. The van der Waals surface area contributed by atoms with Gasteiger partial charge in [0.05, 0.1) is 10.6 Å². The number of hydrogen-bond acceptors (Lipinski definition) is 5. The van der Waals surface area contributed by atoms with E-state index in [2.05, 4.69) is 10.0 Å². The highest BCUT2D eigenvalue weighted by Gasteiger charge is 2.15. The van der Waals surface area contributed by atoms with E-state index in [1.54, 1.807) is 24.3 Å². The lowest BCUT2D eigenvalue weighted by Gasteiger charge is -2.11. The second kappa shape index (κ2) is 11.3. The minimum atomic E-state index is -3.87. The lowest BCUT2D eigenvalue weighted by atomic mass is 10.3. The van der Waals surface area contributed by atoms with Crippen LogP contribution in [-0.4, -0.2) is 20.9 Å². The molecule has 0 aliphatic rings. The van der Waals surface area contributed by atoms with Crippen molar-refractivity contribution < 1.29 is 22.7 Å². The zero-order valence-corrected chi connectivity index (χ0v) is 21.0. The number of sulfonamides is 1. The van der Waals surface area contributed by atoms with E-state index in [1.165, 1.54) is 42.5 Å². The van der Waals surface area contributed by atoms with Crippen LogP contribution in [0.5, 0.6) is 17.2 Å². The van der Waals surface area contributed by atoms with Crippen molar-refractivity contribution in [3.8, 4) is 17.2 Å². The molecule has 0 unspecified atom stereocenters. The maximum Gasteiger partial charge on any atom is 0.262 e. The molecule has 0 aromatic heterocycles. The summed E-state index contributed by atoms with van der Waals surface area (Å²) in [6, 6.07) is 26.3. The quantitative estimate of drug-likeness (QED) is 0.248. The second-order valence-corrected chi connectivity index (χ2v) is 10.1. The Hall–Kier alpha value is -3.72. The molecular weight excluding hydrogens is 523 g/mol. The van der Waals surface area contributed by atoms with Crippen LogP contribution in [-0.2, 0) is 14.8 Å². The van der Waals surface area contributed by atoms with Crippen LogP contribution < -0.4 is 19.5 Å². The highest BCUT2D eigenvalue weighted by atomic mass is 35.5. The summed E-state index contributed by atoms with van der Waals surface area (Å²) in [5, 5.41) is 3.34. The van der Waals surface area contributed by atoms with Crippen molar-refractivity contribution >= 4 is 50.5 Å². The molecule has 0 aliphatic heterocycles. The van der Waals surface area contributed by atoms with Crippen LogP contribution in [0.15, 0.2) is 102 Å². The average molecular weight is 543 g/mol. The van der Waals surface area contributed by atoms with Crippen LogP contribution in [0.25, 0.3) is 0 Å². The number of carbonyl (C=O) groups excluding carboxylic acids is 1. The molecule has 7 nitrogen and oxygen atoms in total. The van der Waals surface area contributed by atoms with Gasteiger partial charge in [-0.15, -0.1) is 0 Å². The van der Waals surface area contributed by atoms with Crippen molar-refractivity contribution in [3.63, 3.8) is 0 Å². The van der Waals surface area contributed by atoms with Crippen molar-refractivity contribution in [3.05, 3.63) is 107 Å². The average Bonchev–Trinajstić information content (AvgIpc) is 2.84. The predicted molar refractivity (Wildman–Crippen MR) is 141 cm³/mol. The number of anilines is 2. The van der Waals surface area contributed by atoms with Gasteiger partial charge in [0.25, 0.3) is 15.9 Å². The van der Waals surface area contributed by atoms with Gasteiger partial charge in [0, 0.05) is 15.7 Å². The van der Waals surface area contributed by atoms with Gasteiger partial charge < -0.3 is 14.8 Å². The molecule has 184 valence electrons. The number of carbonyl (C=O) groups is 1. The number of rotatable bonds is 9. The smallest absolute Gasteiger partial charge is 0.262 e. The van der Waals surface area contributed by atoms with Crippen LogP contribution in [0.1, 0.15) is 0 Å². The Bertz CT molecular complexity index is 1430. The Morgan fingerprint density at radius 1 is 0.722 bits per heavy atom. The van der Waals surface area contributed by atoms with Gasteiger partial charge in [0.1, 0.15) is 17.2 Å². The normalized spacial score (nSPS) is 10.9. The molecule has 4 aromatic rings. The van der Waals surface area contributed by atoms with Gasteiger partial charge in [0.15, 0.2) is 6.61 Å². The van der Waals surface area contributed by atoms with E-state index in [0.29, 0.717) is 33.0 Å². The molecule has 0 saturated carbocycles. The summed E-state index contributed by atoms with van der Waals surface area (Å²) in [5.74, 6) is 1.31. The number of halogens is 2. The fraction of sp³-hybridized carbons (Fsp3) is 0.0385. The van der Waals surface area contributed by atoms with E-state index in [-0.39, 0.29) is 23.1 Å². The van der Waals surface area contributed by atoms with Gasteiger partial charge in [-0.1, -0.05) is 41.4 Å². The molecule has 0 aliphatic carbocycles. The highest BCUT2D eigenvalue weighted by Crippen LogP contribution is 2.26. The molecule has 0 saturated heterocycles. The minimum absolute atomic E-state index is 0.00760. The number of nitrogens with one attached hydrogen (secondary N) is 2. The molecular formula is C26H20Cl2N2O5S. The fourth-order valence-corrected chi connectivity index (χ4v) is 4.69. The van der Waals surface area contributed by atoms with Gasteiger partial charge in [0.2, 0.25) is 0 Å². The van der Waals surface area contributed by atoms with Crippen molar-refractivity contribution in [2.75, 3.05) is 16.6 Å². The van der Waals surface area contributed by atoms with E-state index >= 15 is 0 Å². The topological polar surface area (TPSA) is 93.7 Å². The Balaban J connectivity index is 1.29. The predicted octanol–water partition coefficient (Wildman–Crippen LogP) is 6.60. The van der Waals surface area contributed by atoms with Gasteiger partial charge in [-0.25, -0.2) is 8.42 Å². The zero-order chi connectivity index (χ0) is 25.5. The van der Waals surface area contributed by atoms with Gasteiger partial charge in [-0.3, -0.25) is 9.52 Å². The molecule has 0 heterocycles. The van der Waals surface area contributed by atoms with Gasteiger partial charge >= 0.3 is 0 Å². The van der Waals surface area contributed by atoms with Crippen molar-refractivity contribution in [2.45, 2.75) is 4.90 Å². The summed E-state index contributed by atoms with van der Waals surface area (Å²) in [7, 11) is -3.87. The largest absolute Gasteiger partial charge is 0.484 e. The highest BCUT2D eigenvalue weighted by molar-refractivity contribution is 7.92. The fourth-order valence-electron chi connectivity index (χ4n) is 3.12. The molecule has 4 rings (SSSR count). The standard InChI is InChI=1S/C26H20Cl2N2O5S/c27-18-14-19(28)16-21(15-18)30-36(32,33)25-12-10-22(11-13-25)34-17-26(31)29-20-6-8-24(9-7-20)35-23-4-2-1-3-5-23/h1-16,30H,17H2,(H,29,31). The third-order valence-corrected chi connectivity index (χ3v) is 6.57. The van der Waals surface area contributed by atoms with Crippen molar-refractivity contribution in [2.24, 2.45) is 0 Å².